The molecule has 14 heteroatoms. The molecule has 0 saturated carbocycles. The largest absolute Gasteiger partial charge is 0.467 e. The average molecular weight is 361 g/mol. The van der Waals surface area contributed by atoms with E-state index in [1.165, 1.54) is 0 Å². The number of nitrogens with zero attached hydrogens (tertiary/aromatic N) is 4. The van der Waals surface area contributed by atoms with Gasteiger partial charge in [-0.05, 0) is 0 Å². The number of amides is 3. The second-order valence-electron chi connectivity index (χ2n) is 4.94. The molecule has 130 valence electrons. The van der Waals surface area contributed by atoms with E-state index >= 15 is 0 Å². The van der Waals surface area contributed by atoms with Crippen LogP contribution in [0.25, 0.3) is 0 Å². The molecule has 0 aromatic carbocycles. The van der Waals surface area contributed by atoms with E-state index < -0.39 is 40.5 Å². The first kappa shape index (κ1) is 16.2. The number of aromatic nitrogens is 2. The van der Waals surface area contributed by atoms with Crippen molar-refractivity contribution in [3.8, 4) is 0 Å². The SMILES string of the molecule is COC(=O)C1c2c(cnn2C(N)=O)[C@H]2CN1C(=O)N2OS(=O)(=O)O. The normalized spacial score (nSPS) is 22.5. The fourth-order valence-corrected chi connectivity index (χ4v) is 3.17. The highest BCUT2D eigenvalue weighted by Gasteiger charge is 2.54. The lowest BCUT2D eigenvalue weighted by atomic mass is 9.98. The minimum absolute atomic E-state index is 0.0413. The molecule has 1 aromatic rings. The highest BCUT2D eigenvalue weighted by Crippen LogP contribution is 2.44. The van der Waals surface area contributed by atoms with Crippen LogP contribution in [-0.4, -0.2) is 64.4 Å². The van der Waals surface area contributed by atoms with Crippen LogP contribution in [0.2, 0.25) is 0 Å². The predicted molar refractivity (Wildman–Crippen MR) is 71.3 cm³/mol. The Hall–Kier alpha value is -2.71. The van der Waals surface area contributed by atoms with E-state index in [1.807, 2.05) is 0 Å². The molecule has 1 aromatic heterocycles. The molecule has 3 amide bonds. The number of rotatable bonds is 3. The van der Waals surface area contributed by atoms with Crippen molar-refractivity contribution in [1.29, 1.82) is 0 Å². The zero-order chi connectivity index (χ0) is 17.8. The third-order valence-electron chi connectivity index (χ3n) is 3.66. The first-order valence-electron chi connectivity index (χ1n) is 6.38. The summed E-state index contributed by atoms with van der Waals surface area (Å²) in [5.74, 6) is -0.889. The quantitative estimate of drug-likeness (QED) is 0.482. The maximum atomic E-state index is 12.3. The third-order valence-corrected chi connectivity index (χ3v) is 4.01. The number of urea groups is 1. The molecule has 24 heavy (non-hydrogen) atoms. The molecule has 1 fully saturated rings. The maximum Gasteiger partial charge on any atom is 0.418 e. The van der Waals surface area contributed by atoms with E-state index in [4.69, 9.17) is 10.3 Å². The topological polar surface area (TPSA) is 174 Å². The van der Waals surface area contributed by atoms with E-state index in [9.17, 15) is 22.8 Å². The molecule has 0 spiro atoms. The second-order valence-corrected chi connectivity index (χ2v) is 5.94. The van der Waals surface area contributed by atoms with Crippen molar-refractivity contribution in [2.45, 2.75) is 12.1 Å². The van der Waals surface area contributed by atoms with Crippen LogP contribution in [0.5, 0.6) is 0 Å². The van der Waals surface area contributed by atoms with Crippen molar-refractivity contribution in [1.82, 2.24) is 19.7 Å². The van der Waals surface area contributed by atoms with Gasteiger partial charge in [0, 0.05) is 5.56 Å². The Bertz CT molecular complexity index is 847. The molecule has 3 N–H and O–H groups in total. The van der Waals surface area contributed by atoms with Gasteiger partial charge in [0.2, 0.25) is 0 Å². The number of nitrogens with two attached hydrogens (primary N) is 1. The van der Waals surface area contributed by atoms with E-state index in [0.29, 0.717) is 9.75 Å². The van der Waals surface area contributed by atoms with Gasteiger partial charge in [-0.25, -0.2) is 14.4 Å². The minimum Gasteiger partial charge on any atom is -0.467 e. The fraction of sp³-hybridized carbons (Fsp3) is 0.400. The Labute approximate surface area is 134 Å². The minimum atomic E-state index is -4.99. The van der Waals surface area contributed by atoms with Crippen LogP contribution in [0.3, 0.4) is 0 Å². The maximum absolute atomic E-state index is 12.3. The monoisotopic (exact) mass is 361 g/mol. The predicted octanol–water partition coefficient (Wildman–Crippen LogP) is -1.45. The first-order chi connectivity index (χ1) is 11.2. The van der Waals surface area contributed by atoms with Gasteiger partial charge in [-0.3, -0.25) is 4.55 Å². The van der Waals surface area contributed by atoms with Gasteiger partial charge in [0.25, 0.3) is 0 Å². The van der Waals surface area contributed by atoms with Crippen molar-refractivity contribution >= 4 is 28.4 Å². The lowest BCUT2D eigenvalue weighted by molar-refractivity contribution is -0.146. The molecule has 1 saturated heterocycles. The smallest absolute Gasteiger partial charge is 0.418 e. The molecular weight excluding hydrogens is 350 g/mol. The summed E-state index contributed by atoms with van der Waals surface area (Å²) in [7, 11) is -3.92. The van der Waals surface area contributed by atoms with Crippen LogP contribution in [0.4, 0.5) is 9.59 Å². The molecule has 2 atom stereocenters. The number of hydroxylamine groups is 2. The Morgan fingerprint density at radius 3 is 2.67 bits per heavy atom. The van der Waals surface area contributed by atoms with Crippen LogP contribution < -0.4 is 5.73 Å². The van der Waals surface area contributed by atoms with Crippen molar-refractivity contribution < 1.29 is 36.4 Å². The molecule has 3 heterocycles. The molecule has 2 aliphatic heterocycles. The molecule has 1 unspecified atom stereocenters. The van der Waals surface area contributed by atoms with Gasteiger partial charge >= 0.3 is 28.4 Å². The van der Waals surface area contributed by atoms with Crippen LogP contribution in [0.1, 0.15) is 23.3 Å². The second kappa shape index (κ2) is 5.15. The van der Waals surface area contributed by atoms with Crippen molar-refractivity contribution in [3.63, 3.8) is 0 Å². The van der Waals surface area contributed by atoms with Gasteiger partial charge in [0.15, 0.2) is 6.04 Å². The van der Waals surface area contributed by atoms with Gasteiger partial charge in [0.05, 0.1) is 25.5 Å². The van der Waals surface area contributed by atoms with Crippen molar-refractivity contribution in [2.75, 3.05) is 13.7 Å². The summed E-state index contributed by atoms with van der Waals surface area (Å²) in [6.45, 7) is -0.147. The summed E-state index contributed by atoms with van der Waals surface area (Å²) < 4.78 is 40.4. The van der Waals surface area contributed by atoms with E-state index in [2.05, 4.69) is 14.1 Å². The highest BCUT2D eigenvalue weighted by atomic mass is 32.3. The molecule has 0 radical (unpaired) electrons. The first-order valence-corrected chi connectivity index (χ1v) is 7.74. The summed E-state index contributed by atoms with van der Waals surface area (Å²) >= 11 is 0. The Morgan fingerprint density at radius 1 is 1.46 bits per heavy atom. The number of hydrogen-bond donors (Lipinski definition) is 2. The van der Waals surface area contributed by atoms with E-state index in [0.717, 1.165) is 18.2 Å². The van der Waals surface area contributed by atoms with Gasteiger partial charge in [0.1, 0.15) is 6.04 Å². The van der Waals surface area contributed by atoms with E-state index in [1.54, 1.807) is 0 Å². The van der Waals surface area contributed by atoms with Gasteiger partial charge in [-0.15, -0.1) is 4.28 Å². The summed E-state index contributed by atoms with van der Waals surface area (Å²) in [5.41, 5.74) is 5.31. The summed E-state index contributed by atoms with van der Waals surface area (Å²) in [4.78, 5) is 36.9. The Kier molecular flexibility index (Phi) is 3.47. The molecule has 2 bridgehead atoms. The van der Waals surface area contributed by atoms with Gasteiger partial charge in [-0.2, -0.15) is 23.3 Å². The molecule has 3 rings (SSSR count). The van der Waals surface area contributed by atoms with Crippen LogP contribution in [0, 0.1) is 0 Å². The number of methoxy groups -OCH3 is 1. The van der Waals surface area contributed by atoms with Crippen molar-refractivity contribution in [3.05, 3.63) is 17.5 Å². The molecule has 2 aliphatic rings. The number of carbonyl (C=O) groups is 3. The van der Waals surface area contributed by atoms with Gasteiger partial charge < -0.3 is 15.4 Å². The molecular formula is C10H11N5O8S. The fourth-order valence-electron chi connectivity index (χ4n) is 2.80. The highest BCUT2D eigenvalue weighted by molar-refractivity contribution is 7.80. The number of ether oxygens (including phenoxy) is 1. The molecule has 13 nitrogen and oxygen atoms in total. The number of fused-ring (bicyclic) bond motifs is 4. The number of esters is 1. The van der Waals surface area contributed by atoms with Gasteiger partial charge in [-0.1, -0.05) is 0 Å². The molecule has 0 aliphatic carbocycles. The number of hydrogen-bond acceptors (Lipinski definition) is 8. The van der Waals surface area contributed by atoms with E-state index in [-0.39, 0.29) is 17.8 Å². The van der Waals surface area contributed by atoms with Crippen LogP contribution >= 0.6 is 0 Å². The van der Waals surface area contributed by atoms with Crippen molar-refractivity contribution in [2.24, 2.45) is 5.73 Å². The number of primary amides is 1. The average Bonchev–Trinajstić information content (AvgIpc) is 3.03. The third kappa shape index (κ3) is 2.27. The lowest BCUT2D eigenvalue weighted by Gasteiger charge is -2.28. The summed E-state index contributed by atoms with van der Waals surface area (Å²) in [6, 6.07) is -4.43. The summed E-state index contributed by atoms with van der Waals surface area (Å²) in [6.07, 6.45) is 1.15. The summed E-state index contributed by atoms with van der Waals surface area (Å²) in [5, 5.41) is 4.12. The zero-order valence-electron chi connectivity index (χ0n) is 12.0. The Balaban J connectivity index is 2.16. The van der Waals surface area contributed by atoms with Crippen LogP contribution in [0.15, 0.2) is 6.20 Å². The van der Waals surface area contributed by atoms with Crippen LogP contribution in [-0.2, 0) is 24.2 Å². The lowest BCUT2D eigenvalue weighted by Crippen LogP contribution is -2.41. The Morgan fingerprint density at radius 2 is 2.12 bits per heavy atom. The zero-order valence-corrected chi connectivity index (χ0v) is 12.8. The standard InChI is InChI=1S/C10H11N5O8S/c1-22-8(16)7-6-4(2-12-14(6)9(11)17)5-3-13(7)10(18)15(5)23-24(19,20)21/h2,5,7H,3H2,1H3,(H2,11,17)(H,19,20,21)/t5-,7?/m1/s1. The number of carbonyl (C=O) groups excluding carboxylic acids is 3.